The summed E-state index contributed by atoms with van der Waals surface area (Å²) in [5.74, 6) is 0. The third-order valence-corrected chi connectivity index (χ3v) is 5.74. The van der Waals surface area contributed by atoms with Crippen LogP contribution < -0.4 is 22.2 Å². The third-order valence-electron chi connectivity index (χ3n) is 5.74. The highest BCUT2D eigenvalue weighted by molar-refractivity contribution is 6.34. The molecule has 2 N–H and O–H groups in total. The van der Waals surface area contributed by atoms with Crippen LogP contribution in [0, 0.1) is 0 Å². The van der Waals surface area contributed by atoms with Gasteiger partial charge in [-0.3, -0.25) is 28.3 Å². The van der Waals surface area contributed by atoms with Crippen LogP contribution in [-0.2, 0) is 14.1 Å². The molecular weight excluding hydrogens is 360 g/mol. The molecule has 8 nitrogen and oxygen atoms in total. The fraction of sp³-hybridized carbons (Fsp3) is 0.100. The highest BCUT2D eigenvalue weighted by Crippen LogP contribution is 2.39. The number of rotatable bonds is 0. The normalized spacial score (nSPS) is 12.5. The zero-order valence-electron chi connectivity index (χ0n) is 14.8. The van der Waals surface area contributed by atoms with Crippen LogP contribution in [0.15, 0.2) is 43.4 Å². The minimum absolute atomic E-state index is 0.303. The Morgan fingerprint density at radius 1 is 0.607 bits per heavy atom. The summed E-state index contributed by atoms with van der Waals surface area (Å²) in [6.45, 7) is 0. The maximum absolute atomic E-state index is 13.1. The first-order valence-corrected chi connectivity index (χ1v) is 8.66. The monoisotopic (exact) mass is 372 g/mol. The summed E-state index contributed by atoms with van der Waals surface area (Å²) in [6.07, 6.45) is 0. The van der Waals surface area contributed by atoms with E-state index < -0.39 is 0 Å². The molecule has 6 rings (SSSR count). The van der Waals surface area contributed by atoms with Crippen LogP contribution in [0.4, 0.5) is 0 Å². The number of aryl methyl sites for hydroxylation is 2. The first-order valence-electron chi connectivity index (χ1n) is 8.66. The average molecular weight is 372 g/mol. The van der Waals surface area contributed by atoms with E-state index in [-0.39, 0.29) is 22.2 Å². The summed E-state index contributed by atoms with van der Waals surface area (Å²) in [6, 6.07) is 6.25. The second kappa shape index (κ2) is 4.48. The van der Waals surface area contributed by atoms with E-state index in [9.17, 15) is 19.2 Å². The third kappa shape index (κ3) is 1.53. The van der Waals surface area contributed by atoms with Crippen molar-refractivity contribution >= 4 is 54.4 Å². The lowest BCUT2D eigenvalue weighted by atomic mass is 9.92. The summed E-state index contributed by atoms with van der Waals surface area (Å²) < 4.78 is 2.79. The molecule has 0 unspecified atom stereocenters. The van der Waals surface area contributed by atoms with Crippen LogP contribution in [0.3, 0.4) is 0 Å². The van der Waals surface area contributed by atoms with E-state index in [0.717, 1.165) is 0 Å². The molecule has 0 fully saturated rings. The predicted molar refractivity (Wildman–Crippen MR) is 108 cm³/mol. The summed E-state index contributed by atoms with van der Waals surface area (Å²) in [5, 5.41) is 4.69. The number of aromatic nitrogens is 4. The molecule has 0 aliphatic heterocycles. The van der Waals surface area contributed by atoms with Crippen molar-refractivity contribution in [2.75, 3.05) is 0 Å². The Labute approximate surface area is 153 Å². The van der Waals surface area contributed by atoms with Crippen molar-refractivity contribution in [1.29, 1.82) is 0 Å². The Hall–Kier alpha value is -3.94. The van der Waals surface area contributed by atoms with Gasteiger partial charge in [0.15, 0.2) is 0 Å². The molecule has 136 valence electrons. The maximum Gasteiger partial charge on any atom is 0.259 e. The molecule has 0 amide bonds. The van der Waals surface area contributed by atoms with Gasteiger partial charge in [-0.1, -0.05) is 0 Å². The highest BCUT2D eigenvalue weighted by atomic mass is 16.1. The van der Waals surface area contributed by atoms with Crippen LogP contribution >= 0.6 is 0 Å². The van der Waals surface area contributed by atoms with Crippen molar-refractivity contribution in [3.8, 4) is 0 Å². The Kier molecular flexibility index (Phi) is 2.42. The smallest absolute Gasteiger partial charge is 0.259 e. The molecule has 2 aromatic carbocycles. The minimum atomic E-state index is -0.348. The van der Waals surface area contributed by atoms with Gasteiger partial charge in [-0.05, 0) is 22.9 Å². The summed E-state index contributed by atoms with van der Waals surface area (Å²) in [5.41, 5.74) is -0.489. The standard InChI is InChI=1S/C20H12N4O4/c1-23-17-13-7(5-11(25)21-17)4-10-16-14-8(3-9(15(13)16)19(23)27)6-12(26)22-18(14)24(2)20(10)28/h3-6H,1-2H3,(H,21,25)(H,22,26). The molecule has 4 heterocycles. The number of benzene rings is 2. The lowest BCUT2D eigenvalue weighted by Crippen LogP contribution is -2.24. The van der Waals surface area contributed by atoms with E-state index in [1.54, 1.807) is 26.2 Å². The van der Waals surface area contributed by atoms with E-state index in [4.69, 9.17) is 0 Å². The Morgan fingerprint density at radius 3 is 1.39 bits per heavy atom. The Bertz CT molecular complexity index is 1730. The molecule has 0 radical (unpaired) electrons. The van der Waals surface area contributed by atoms with Crippen molar-refractivity contribution in [3.05, 3.63) is 65.7 Å². The Morgan fingerprint density at radius 2 is 1.00 bits per heavy atom. The van der Waals surface area contributed by atoms with E-state index >= 15 is 0 Å². The average Bonchev–Trinajstić information content (AvgIpc) is 2.66. The van der Waals surface area contributed by atoms with Crippen LogP contribution in [0.1, 0.15) is 0 Å². The number of hydrogen-bond acceptors (Lipinski definition) is 4. The molecule has 0 saturated carbocycles. The lowest BCUT2D eigenvalue weighted by molar-refractivity contribution is 0.894. The van der Waals surface area contributed by atoms with Gasteiger partial charge in [0.2, 0.25) is 11.1 Å². The molecule has 0 saturated heterocycles. The first kappa shape index (κ1) is 15.2. The number of hydrogen-bond donors (Lipinski definition) is 2. The van der Waals surface area contributed by atoms with Crippen molar-refractivity contribution < 1.29 is 0 Å². The predicted octanol–water partition coefficient (Wildman–Crippen LogP) is 1.10. The van der Waals surface area contributed by atoms with Gasteiger partial charge in [0, 0.05) is 58.5 Å². The molecule has 28 heavy (non-hydrogen) atoms. The fourth-order valence-electron chi connectivity index (χ4n) is 4.53. The van der Waals surface area contributed by atoms with Crippen LogP contribution in [0.2, 0.25) is 0 Å². The number of nitrogens with zero attached hydrogens (tertiary/aromatic N) is 2. The van der Waals surface area contributed by atoms with E-state index in [1.165, 1.54) is 21.3 Å². The zero-order chi connectivity index (χ0) is 19.5. The van der Waals surface area contributed by atoms with Crippen molar-refractivity contribution in [2.24, 2.45) is 14.1 Å². The van der Waals surface area contributed by atoms with Gasteiger partial charge in [-0.25, -0.2) is 0 Å². The van der Waals surface area contributed by atoms with Gasteiger partial charge in [0.05, 0.1) is 0 Å². The van der Waals surface area contributed by atoms with Gasteiger partial charge >= 0.3 is 0 Å². The summed E-state index contributed by atoms with van der Waals surface area (Å²) in [7, 11) is 3.18. The Balaban J connectivity index is 2.20. The largest absolute Gasteiger partial charge is 0.308 e. The number of H-pyrrole nitrogens is 2. The molecule has 0 aliphatic carbocycles. The highest BCUT2D eigenvalue weighted by Gasteiger charge is 2.22. The fourth-order valence-corrected chi connectivity index (χ4v) is 4.53. The van der Waals surface area contributed by atoms with Gasteiger partial charge in [-0.2, -0.15) is 0 Å². The van der Waals surface area contributed by atoms with E-state index in [2.05, 4.69) is 9.97 Å². The molecule has 0 aliphatic rings. The zero-order valence-corrected chi connectivity index (χ0v) is 14.8. The van der Waals surface area contributed by atoms with Crippen LogP contribution in [0.25, 0.3) is 54.4 Å². The number of nitrogens with one attached hydrogen (secondary N) is 2. The van der Waals surface area contributed by atoms with Gasteiger partial charge in [0.25, 0.3) is 11.1 Å². The van der Waals surface area contributed by atoms with E-state index in [1.807, 2.05) is 0 Å². The molecular formula is C20H12N4O4. The minimum Gasteiger partial charge on any atom is -0.308 e. The maximum atomic E-state index is 13.1. The first-order chi connectivity index (χ1) is 13.4. The molecule has 4 aromatic heterocycles. The van der Waals surface area contributed by atoms with Crippen molar-refractivity contribution in [2.45, 2.75) is 0 Å². The van der Waals surface area contributed by atoms with Crippen molar-refractivity contribution in [3.63, 3.8) is 0 Å². The number of aromatic amines is 2. The second-order valence-corrected chi connectivity index (χ2v) is 7.22. The topological polar surface area (TPSA) is 110 Å². The van der Waals surface area contributed by atoms with Crippen molar-refractivity contribution in [1.82, 2.24) is 19.1 Å². The lowest BCUT2D eigenvalue weighted by Gasteiger charge is -2.18. The van der Waals surface area contributed by atoms with Crippen LogP contribution in [-0.4, -0.2) is 19.1 Å². The van der Waals surface area contributed by atoms with Gasteiger partial charge in [0.1, 0.15) is 11.3 Å². The summed E-state index contributed by atoms with van der Waals surface area (Å²) >= 11 is 0. The molecule has 8 heteroatoms. The molecule has 0 atom stereocenters. The van der Waals surface area contributed by atoms with Gasteiger partial charge in [-0.15, -0.1) is 0 Å². The SMILES string of the molecule is Cn1c(=O)c2cc3cc(=O)[nH]c4c3c3c(cc5cc(=O)[nH]c1c5c23)c(=O)n4C. The molecule has 0 spiro atoms. The van der Waals surface area contributed by atoms with Gasteiger partial charge < -0.3 is 9.97 Å². The molecule has 0 bridgehead atoms. The molecule has 6 aromatic rings. The quantitative estimate of drug-likeness (QED) is 0.307. The number of pyridine rings is 4. The summed E-state index contributed by atoms with van der Waals surface area (Å²) in [4.78, 5) is 55.9. The van der Waals surface area contributed by atoms with Crippen LogP contribution in [0.5, 0.6) is 0 Å². The second-order valence-electron chi connectivity index (χ2n) is 7.22. The van der Waals surface area contributed by atoms with E-state index in [0.29, 0.717) is 54.4 Å².